The van der Waals surface area contributed by atoms with Gasteiger partial charge in [0.15, 0.2) is 0 Å². The van der Waals surface area contributed by atoms with Gasteiger partial charge in [-0.1, -0.05) is 15.9 Å². The molecule has 0 saturated heterocycles. The summed E-state index contributed by atoms with van der Waals surface area (Å²) in [7, 11) is 0. The van der Waals surface area contributed by atoms with Crippen LogP contribution in [0.15, 0.2) is 28.9 Å². The Morgan fingerprint density at radius 3 is 2.95 bits per heavy atom. The average molecular weight is 356 g/mol. The molecule has 1 heterocycles. The molecule has 0 spiro atoms. The van der Waals surface area contributed by atoms with Crippen molar-refractivity contribution in [3.63, 3.8) is 0 Å². The minimum atomic E-state index is -0.314. The summed E-state index contributed by atoms with van der Waals surface area (Å²) in [6.07, 6.45) is 2.84. The second kappa shape index (κ2) is 7.56. The zero-order valence-electron chi connectivity index (χ0n) is 12.2. The van der Waals surface area contributed by atoms with Gasteiger partial charge in [0, 0.05) is 30.4 Å². The van der Waals surface area contributed by atoms with Crippen molar-refractivity contribution in [2.75, 3.05) is 18.5 Å². The summed E-state index contributed by atoms with van der Waals surface area (Å²) in [5, 5.41) is 3.04. The largest absolute Gasteiger partial charge is 0.382 e. The normalized spacial score (nSPS) is 10.9. The third kappa shape index (κ3) is 4.54. The maximum absolute atomic E-state index is 13.9. The van der Waals surface area contributed by atoms with Crippen LogP contribution in [0, 0.1) is 12.7 Å². The molecule has 0 saturated carbocycles. The topological polar surface area (TPSA) is 39.1 Å². The van der Waals surface area contributed by atoms with Crippen molar-refractivity contribution >= 4 is 27.6 Å². The summed E-state index contributed by atoms with van der Waals surface area (Å²) in [5.74, 6) is 0.330. The summed E-state index contributed by atoms with van der Waals surface area (Å²) >= 11 is 3.25. The predicted molar refractivity (Wildman–Crippen MR) is 85.5 cm³/mol. The summed E-state index contributed by atoms with van der Waals surface area (Å²) in [5.41, 5.74) is 1.31. The number of halogens is 2. The molecule has 2 aromatic rings. The van der Waals surface area contributed by atoms with Gasteiger partial charge in [-0.2, -0.15) is 0 Å². The number of benzene rings is 1. The van der Waals surface area contributed by atoms with Crippen LogP contribution in [0.5, 0.6) is 0 Å². The van der Waals surface area contributed by atoms with Crippen molar-refractivity contribution in [2.24, 2.45) is 0 Å². The first-order valence-electron chi connectivity index (χ1n) is 6.93. The Hall–Kier alpha value is -1.40. The van der Waals surface area contributed by atoms with Crippen LogP contribution in [0.3, 0.4) is 0 Å². The summed E-state index contributed by atoms with van der Waals surface area (Å²) in [6.45, 7) is 6.10. The van der Waals surface area contributed by atoms with Gasteiger partial charge in [0.2, 0.25) is 5.95 Å². The third-order valence-corrected chi connectivity index (χ3v) is 3.46. The van der Waals surface area contributed by atoms with Crippen LogP contribution in [0.25, 0.3) is 0 Å². The van der Waals surface area contributed by atoms with E-state index in [2.05, 4.69) is 26.2 Å². The molecule has 2 rings (SSSR count). The van der Waals surface area contributed by atoms with Crippen molar-refractivity contribution in [1.29, 1.82) is 0 Å². The number of aryl methyl sites for hydroxylation is 2. The first-order valence-corrected chi connectivity index (χ1v) is 7.73. The lowest BCUT2D eigenvalue weighted by atomic mass is 10.3. The van der Waals surface area contributed by atoms with E-state index in [-0.39, 0.29) is 5.82 Å². The van der Waals surface area contributed by atoms with Gasteiger partial charge >= 0.3 is 0 Å². The molecule has 0 aliphatic carbocycles. The van der Waals surface area contributed by atoms with Crippen molar-refractivity contribution in [2.45, 2.75) is 26.8 Å². The molecule has 114 valence electrons. The number of ether oxygens (including phenoxy) is 1. The first-order chi connectivity index (χ1) is 10.1. The van der Waals surface area contributed by atoms with E-state index in [9.17, 15) is 4.39 Å². The fourth-order valence-electron chi connectivity index (χ4n) is 2.01. The molecule has 0 atom stereocenters. The molecule has 0 aliphatic rings. The molecule has 0 fully saturated rings. The highest BCUT2D eigenvalue weighted by atomic mass is 79.9. The van der Waals surface area contributed by atoms with Crippen molar-refractivity contribution in [3.8, 4) is 0 Å². The Balaban J connectivity index is 2.08. The van der Waals surface area contributed by atoms with Crippen LogP contribution in [0.4, 0.5) is 16.0 Å². The number of hydrogen-bond acceptors (Lipinski definition) is 3. The molecule has 0 unspecified atom stereocenters. The maximum atomic E-state index is 13.9. The van der Waals surface area contributed by atoms with Crippen LogP contribution >= 0.6 is 15.9 Å². The molecule has 0 amide bonds. The highest BCUT2D eigenvalue weighted by Crippen LogP contribution is 2.23. The monoisotopic (exact) mass is 355 g/mol. The molecule has 1 aromatic carbocycles. The van der Waals surface area contributed by atoms with E-state index < -0.39 is 0 Å². The Labute approximate surface area is 132 Å². The lowest BCUT2D eigenvalue weighted by molar-refractivity contribution is 0.142. The van der Waals surface area contributed by atoms with Gasteiger partial charge in [0.05, 0.1) is 11.4 Å². The van der Waals surface area contributed by atoms with Gasteiger partial charge in [-0.3, -0.25) is 0 Å². The minimum Gasteiger partial charge on any atom is -0.382 e. The molecule has 21 heavy (non-hydrogen) atoms. The number of rotatable bonds is 7. The zero-order valence-corrected chi connectivity index (χ0v) is 13.8. The Kier molecular flexibility index (Phi) is 5.76. The molecule has 0 aliphatic heterocycles. The molecule has 1 aromatic heterocycles. The molecule has 1 N–H and O–H groups in total. The Bertz CT molecular complexity index is 601. The number of anilines is 2. The molecule has 4 nitrogen and oxygen atoms in total. The summed E-state index contributed by atoms with van der Waals surface area (Å²) in [6, 6.07) is 4.91. The lowest BCUT2D eigenvalue weighted by Gasteiger charge is -2.10. The summed E-state index contributed by atoms with van der Waals surface area (Å²) in [4.78, 5) is 4.40. The average Bonchev–Trinajstić information content (AvgIpc) is 2.78. The van der Waals surface area contributed by atoms with Gasteiger partial charge in [0.25, 0.3) is 0 Å². The molecule has 0 radical (unpaired) electrons. The van der Waals surface area contributed by atoms with E-state index >= 15 is 0 Å². The van der Waals surface area contributed by atoms with E-state index in [0.717, 1.165) is 25.3 Å². The Morgan fingerprint density at radius 2 is 2.24 bits per heavy atom. The lowest BCUT2D eigenvalue weighted by Crippen LogP contribution is -2.06. The number of nitrogens with one attached hydrogen (secondary N) is 1. The zero-order chi connectivity index (χ0) is 15.2. The molecular weight excluding hydrogens is 337 g/mol. The van der Waals surface area contributed by atoms with Crippen molar-refractivity contribution < 1.29 is 9.13 Å². The van der Waals surface area contributed by atoms with E-state index in [1.54, 1.807) is 12.1 Å². The smallest absolute Gasteiger partial charge is 0.207 e. The predicted octanol–water partition coefficient (Wildman–Crippen LogP) is 4.26. The van der Waals surface area contributed by atoms with Gasteiger partial charge < -0.3 is 14.6 Å². The van der Waals surface area contributed by atoms with E-state index in [4.69, 9.17) is 4.74 Å². The quantitative estimate of drug-likeness (QED) is 0.754. The molecule has 0 bridgehead atoms. The maximum Gasteiger partial charge on any atom is 0.207 e. The van der Waals surface area contributed by atoms with Crippen molar-refractivity contribution in [1.82, 2.24) is 9.55 Å². The SMILES string of the molecule is CCOCCCn1cc(C)nc1Nc1ccc(Br)cc1F. The third-order valence-electron chi connectivity index (χ3n) is 2.97. The van der Waals surface area contributed by atoms with Crippen LogP contribution in [0.2, 0.25) is 0 Å². The van der Waals surface area contributed by atoms with E-state index in [1.165, 1.54) is 6.07 Å². The van der Waals surface area contributed by atoms with Gasteiger partial charge in [-0.25, -0.2) is 9.37 Å². The first kappa shape index (κ1) is 16.0. The van der Waals surface area contributed by atoms with Gasteiger partial charge in [-0.05, 0) is 38.5 Å². The fraction of sp³-hybridized carbons (Fsp3) is 0.400. The van der Waals surface area contributed by atoms with Gasteiger partial charge in [0.1, 0.15) is 5.82 Å². The molecular formula is C15H19BrFN3O. The second-order valence-corrected chi connectivity index (χ2v) is 5.61. The van der Waals surface area contributed by atoms with E-state index in [1.807, 2.05) is 24.6 Å². The Morgan fingerprint density at radius 1 is 1.43 bits per heavy atom. The standard InChI is InChI=1S/C15H19BrFN3O/c1-3-21-8-4-7-20-10-11(2)18-15(20)19-14-6-5-12(16)9-13(14)17/h5-6,9-10H,3-4,7-8H2,1-2H3,(H,18,19). The highest BCUT2D eigenvalue weighted by molar-refractivity contribution is 9.10. The van der Waals surface area contributed by atoms with Crippen LogP contribution in [0.1, 0.15) is 19.0 Å². The van der Waals surface area contributed by atoms with Crippen LogP contribution in [-0.2, 0) is 11.3 Å². The highest BCUT2D eigenvalue weighted by Gasteiger charge is 2.09. The number of nitrogens with zero attached hydrogens (tertiary/aromatic N) is 2. The number of imidazole rings is 1. The molecule has 6 heteroatoms. The van der Waals surface area contributed by atoms with Crippen LogP contribution in [-0.4, -0.2) is 22.8 Å². The number of hydrogen-bond donors (Lipinski definition) is 1. The second-order valence-electron chi connectivity index (χ2n) is 4.70. The number of aromatic nitrogens is 2. The van der Waals surface area contributed by atoms with Crippen LogP contribution < -0.4 is 5.32 Å². The van der Waals surface area contributed by atoms with Crippen molar-refractivity contribution in [3.05, 3.63) is 40.4 Å². The van der Waals surface area contributed by atoms with Gasteiger partial charge in [-0.15, -0.1) is 0 Å². The minimum absolute atomic E-state index is 0.314. The van der Waals surface area contributed by atoms with E-state index in [0.29, 0.717) is 22.7 Å². The fourth-order valence-corrected chi connectivity index (χ4v) is 2.34. The summed E-state index contributed by atoms with van der Waals surface area (Å²) < 4.78 is 21.9.